The van der Waals surface area contributed by atoms with Gasteiger partial charge in [0.2, 0.25) is 11.8 Å². The number of carboxylic acid groups (broad SMARTS) is 1. The summed E-state index contributed by atoms with van der Waals surface area (Å²) < 4.78 is 0. The number of piperidine rings is 2. The molecule has 7 nitrogen and oxygen atoms in total. The third-order valence-electron chi connectivity index (χ3n) is 5.38. The fraction of sp³-hybridized carbons (Fsp3) is 0.737. The van der Waals surface area contributed by atoms with E-state index in [1.165, 1.54) is 6.08 Å². The van der Waals surface area contributed by atoms with Crippen LogP contribution in [0.4, 0.5) is 0 Å². The molecular formula is C19H31N3O4. The van der Waals surface area contributed by atoms with Crippen molar-refractivity contribution in [3.63, 3.8) is 0 Å². The van der Waals surface area contributed by atoms with Gasteiger partial charge in [0.1, 0.15) is 0 Å². The summed E-state index contributed by atoms with van der Waals surface area (Å²) in [5.74, 6) is -0.691. The quantitative estimate of drug-likeness (QED) is 0.561. The molecule has 0 bridgehead atoms. The highest BCUT2D eigenvalue weighted by molar-refractivity contribution is 5.82. The minimum atomic E-state index is -0.978. The second kappa shape index (κ2) is 10.3. The Bertz CT molecular complexity index is 517. The van der Waals surface area contributed by atoms with E-state index in [2.05, 4.69) is 17.2 Å². The molecule has 2 atom stereocenters. The van der Waals surface area contributed by atoms with Gasteiger partial charge in [-0.1, -0.05) is 6.08 Å². The predicted octanol–water partition coefficient (Wildman–Crippen LogP) is 1.15. The van der Waals surface area contributed by atoms with Gasteiger partial charge in [0.25, 0.3) is 0 Å². The number of nitrogens with one attached hydrogen (secondary N) is 2. The van der Waals surface area contributed by atoms with Crippen LogP contribution in [0.25, 0.3) is 0 Å². The molecule has 1 unspecified atom stereocenters. The number of hydrogen-bond acceptors (Lipinski definition) is 4. The van der Waals surface area contributed by atoms with Crippen molar-refractivity contribution in [3.05, 3.63) is 12.7 Å². The monoisotopic (exact) mass is 365 g/mol. The van der Waals surface area contributed by atoms with Crippen LogP contribution in [0, 0.1) is 11.8 Å². The highest BCUT2D eigenvalue weighted by atomic mass is 16.4. The first-order chi connectivity index (χ1) is 12.5. The highest BCUT2D eigenvalue weighted by Crippen LogP contribution is 2.21. The molecular weight excluding hydrogens is 334 g/mol. The highest BCUT2D eigenvalue weighted by Gasteiger charge is 2.29. The number of carbonyl (C=O) groups excluding carboxylic acids is 2. The molecule has 0 spiro atoms. The Morgan fingerprint density at radius 3 is 2.65 bits per heavy atom. The Balaban J connectivity index is 1.79. The van der Waals surface area contributed by atoms with E-state index in [1.807, 2.05) is 0 Å². The molecule has 0 aliphatic carbocycles. The van der Waals surface area contributed by atoms with Crippen LogP contribution in [0.5, 0.6) is 0 Å². The average Bonchev–Trinajstić information content (AvgIpc) is 2.66. The molecule has 2 aliphatic heterocycles. The lowest BCUT2D eigenvalue weighted by atomic mass is 9.92. The van der Waals surface area contributed by atoms with Gasteiger partial charge >= 0.3 is 5.97 Å². The standard InChI is InChI=1S/C19H31N3O4/c1-2-16(12-18(24)25)21-19(26)15-4-3-11-22(13-15)17(23)6-5-14-7-9-20-10-8-14/h2,14-16,20H,1,3-13H2,(H,21,26)(H,24,25)/t15-,16?/m1/s1. The van der Waals surface area contributed by atoms with Crippen LogP contribution < -0.4 is 10.6 Å². The lowest BCUT2D eigenvalue weighted by Gasteiger charge is -2.33. The van der Waals surface area contributed by atoms with Gasteiger partial charge in [0.05, 0.1) is 18.4 Å². The number of amides is 2. The van der Waals surface area contributed by atoms with Gasteiger partial charge in [-0.05, 0) is 51.1 Å². The minimum absolute atomic E-state index is 0.131. The summed E-state index contributed by atoms with van der Waals surface area (Å²) in [5, 5.41) is 14.9. The van der Waals surface area contributed by atoms with Crippen LogP contribution >= 0.6 is 0 Å². The maximum Gasteiger partial charge on any atom is 0.305 e. The van der Waals surface area contributed by atoms with Crippen molar-refractivity contribution in [3.8, 4) is 0 Å². The first-order valence-electron chi connectivity index (χ1n) is 9.62. The molecule has 2 fully saturated rings. The van der Waals surface area contributed by atoms with Crippen molar-refractivity contribution in [2.75, 3.05) is 26.2 Å². The molecule has 3 N–H and O–H groups in total. The van der Waals surface area contributed by atoms with Crippen LogP contribution in [-0.4, -0.2) is 60.0 Å². The molecule has 0 saturated carbocycles. The number of nitrogens with zero attached hydrogens (tertiary/aromatic N) is 1. The van der Waals surface area contributed by atoms with Crippen LogP contribution in [0.1, 0.15) is 44.9 Å². The summed E-state index contributed by atoms with van der Waals surface area (Å²) in [6, 6.07) is -0.578. The maximum atomic E-state index is 12.5. The second-order valence-electron chi connectivity index (χ2n) is 7.36. The molecule has 7 heteroatoms. The van der Waals surface area contributed by atoms with Gasteiger partial charge in [-0.2, -0.15) is 0 Å². The zero-order chi connectivity index (χ0) is 18.9. The first kappa shape index (κ1) is 20.4. The van der Waals surface area contributed by atoms with E-state index < -0.39 is 12.0 Å². The number of carbonyl (C=O) groups is 3. The molecule has 2 amide bonds. The number of hydrogen-bond donors (Lipinski definition) is 3. The van der Waals surface area contributed by atoms with Crippen LogP contribution in [0.3, 0.4) is 0 Å². The Hall–Kier alpha value is -1.89. The second-order valence-corrected chi connectivity index (χ2v) is 7.36. The number of rotatable bonds is 8. The third kappa shape index (κ3) is 6.44. The molecule has 26 heavy (non-hydrogen) atoms. The van der Waals surface area contributed by atoms with Gasteiger partial charge in [-0.25, -0.2) is 0 Å². The smallest absolute Gasteiger partial charge is 0.305 e. The van der Waals surface area contributed by atoms with E-state index in [-0.39, 0.29) is 24.2 Å². The molecule has 0 aromatic heterocycles. The van der Waals surface area contributed by atoms with Crippen LogP contribution in [0.2, 0.25) is 0 Å². The van der Waals surface area contributed by atoms with E-state index in [4.69, 9.17) is 5.11 Å². The van der Waals surface area contributed by atoms with E-state index >= 15 is 0 Å². The third-order valence-corrected chi connectivity index (χ3v) is 5.38. The number of aliphatic carboxylic acids is 1. The van der Waals surface area contributed by atoms with Crippen molar-refractivity contribution in [1.29, 1.82) is 0 Å². The van der Waals surface area contributed by atoms with Crippen molar-refractivity contribution in [1.82, 2.24) is 15.5 Å². The molecule has 146 valence electrons. The molecule has 2 aliphatic rings. The topological polar surface area (TPSA) is 98.7 Å². The van der Waals surface area contributed by atoms with E-state index in [1.54, 1.807) is 4.90 Å². The lowest BCUT2D eigenvalue weighted by molar-refractivity contribution is -0.137. The summed E-state index contributed by atoms with van der Waals surface area (Å²) in [4.78, 5) is 37.6. The van der Waals surface area contributed by atoms with Crippen LogP contribution in [-0.2, 0) is 14.4 Å². The fourth-order valence-electron chi connectivity index (χ4n) is 3.76. The van der Waals surface area contributed by atoms with Crippen molar-refractivity contribution < 1.29 is 19.5 Å². The molecule has 2 rings (SSSR count). The Labute approximate surface area is 155 Å². The van der Waals surface area contributed by atoms with Gasteiger partial charge in [0, 0.05) is 19.5 Å². The van der Waals surface area contributed by atoms with Crippen molar-refractivity contribution in [2.45, 2.75) is 51.0 Å². The molecule has 2 saturated heterocycles. The van der Waals surface area contributed by atoms with Crippen molar-refractivity contribution in [2.24, 2.45) is 11.8 Å². The normalized spacial score (nSPS) is 22.5. The lowest BCUT2D eigenvalue weighted by Crippen LogP contribution is -2.47. The van der Waals surface area contributed by atoms with E-state index in [9.17, 15) is 14.4 Å². The average molecular weight is 365 g/mol. The zero-order valence-electron chi connectivity index (χ0n) is 15.4. The summed E-state index contributed by atoms with van der Waals surface area (Å²) in [6.07, 6.45) is 6.52. The van der Waals surface area contributed by atoms with Gasteiger partial charge < -0.3 is 20.6 Å². The minimum Gasteiger partial charge on any atom is -0.481 e. The van der Waals surface area contributed by atoms with E-state index in [0.717, 1.165) is 45.2 Å². The molecule has 2 heterocycles. The predicted molar refractivity (Wildman–Crippen MR) is 98.5 cm³/mol. The first-order valence-corrected chi connectivity index (χ1v) is 9.62. The number of carboxylic acids is 1. The van der Waals surface area contributed by atoms with Crippen molar-refractivity contribution >= 4 is 17.8 Å². The molecule has 0 radical (unpaired) electrons. The maximum absolute atomic E-state index is 12.5. The Kier molecular flexibility index (Phi) is 8.09. The summed E-state index contributed by atoms with van der Waals surface area (Å²) in [6.45, 7) is 6.77. The Morgan fingerprint density at radius 1 is 1.27 bits per heavy atom. The van der Waals surface area contributed by atoms with Gasteiger partial charge in [-0.3, -0.25) is 14.4 Å². The van der Waals surface area contributed by atoms with Gasteiger partial charge in [-0.15, -0.1) is 6.58 Å². The summed E-state index contributed by atoms with van der Waals surface area (Å²) in [7, 11) is 0. The number of likely N-dealkylation sites (tertiary alicyclic amines) is 1. The zero-order valence-corrected chi connectivity index (χ0v) is 15.4. The Morgan fingerprint density at radius 2 is 2.00 bits per heavy atom. The van der Waals surface area contributed by atoms with Gasteiger partial charge in [0.15, 0.2) is 0 Å². The summed E-state index contributed by atoms with van der Waals surface area (Å²) >= 11 is 0. The SMILES string of the molecule is C=CC(CC(=O)O)NC(=O)[C@@H]1CCCN(C(=O)CCC2CCNCC2)C1. The fourth-order valence-corrected chi connectivity index (χ4v) is 3.76. The molecule has 0 aromatic rings. The summed E-state index contributed by atoms with van der Waals surface area (Å²) in [5.41, 5.74) is 0. The van der Waals surface area contributed by atoms with Crippen LogP contribution in [0.15, 0.2) is 12.7 Å². The van der Waals surface area contributed by atoms with E-state index in [0.29, 0.717) is 25.4 Å². The largest absolute Gasteiger partial charge is 0.481 e. The molecule has 0 aromatic carbocycles.